The average molecular weight is 233 g/mol. The van der Waals surface area contributed by atoms with Crippen LogP contribution in [-0.4, -0.2) is 17.4 Å². The van der Waals surface area contributed by atoms with Crippen LogP contribution >= 0.6 is 0 Å². The Kier molecular flexibility index (Phi) is 3.61. The van der Waals surface area contributed by atoms with E-state index in [1.54, 1.807) is 18.3 Å². The third-order valence-electron chi connectivity index (χ3n) is 3.43. The van der Waals surface area contributed by atoms with Gasteiger partial charge in [0, 0.05) is 12.7 Å². The van der Waals surface area contributed by atoms with Gasteiger partial charge in [-0.2, -0.15) is 0 Å². The number of aromatic nitrogens is 1. The zero-order valence-electron chi connectivity index (χ0n) is 10.1. The molecule has 0 aromatic carbocycles. The summed E-state index contributed by atoms with van der Waals surface area (Å²) in [4.78, 5) is 15.4. The molecule has 4 heteroatoms. The quantitative estimate of drug-likeness (QED) is 0.836. The van der Waals surface area contributed by atoms with E-state index in [-0.39, 0.29) is 0 Å². The highest BCUT2D eigenvalue weighted by Gasteiger charge is 2.21. The minimum Gasteiger partial charge on any atom is -0.369 e. The summed E-state index contributed by atoms with van der Waals surface area (Å²) in [6, 6.07) is 3.43. The maximum absolute atomic E-state index is 11.2. The van der Waals surface area contributed by atoms with Gasteiger partial charge in [-0.05, 0) is 36.8 Å². The van der Waals surface area contributed by atoms with Gasteiger partial charge in [-0.25, -0.2) is 4.98 Å². The Bertz CT molecular complexity index is 405. The van der Waals surface area contributed by atoms with Gasteiger partial charge in [0.25, 0.3) is 5.91 Å². The first kappa shape index (κ1) is 11.9. The number of primary amides is 1. The van der Waals surface area contributed by atoms with E-state index in [9.17, 15) is 4.79 Å². The Balaban J connectivity index is 1.97. The number of hydrogen-bond donors (Lipinski definition) is 2. The second-order valence-electron chi connectivity index (χ2n) is 4.93. The fourth-order valence-corrected chi connectivity index (χ4v) is 2.50. The highest BCUT2D eigenvalue weighted by atomic mass is 16.1. The van der Waals surface area contributed by atoms with Crippen molar-refractivity contribution in [3.05, 3.63) is 23.9 Å². The third kappa shape index (κ3) is 2.96. The van der Waals surface area contributed by atoms with Crippen LogP contribution in [0.1, 0.15) is 36.5 Å². The van der Waals surface area contributed by atoms with Crippen molar-refractivity contribution in [3.8, 4) is 0 Å². The van der Waals surface area contributed by atoms with Gasteiger partial charge in [0.15, 0.2) is 0 Å². The lowest BCUT2D eigenvalue weighted by Gasteiger charge is -2.13. The molecule has 92 valence electrons. The zero-order chi connectivity index (χ0) is 12.3. The van der Waals surface area contributed by atoms with Crippen LogP contribution in [-0.2, 0) is 0 Å². The molecule has 1 aromatic heterocycles. The maximum atomic E-state index is 11.2. The molecule has 0 aliphatic heterocycles. The number of anilines is 1. The van der Waals surface area contributed by atoms with Crippen molar-refractivity contribution in [2.45, 2.75) is 26.2 Å². The topological polar surface area (TPSA) is 68.0 Å². The van der Waals surface area contributed by atoms with E-state index < -0.39 is 5.91 Å². The fourth-order valence-electron chi connectivity index (χ4n) is 2.50. The van der Waals surface area contributed by atoms with Crippen LogP contribution in [0, 0.1) is 11.8 Å². The van der Waals surface area contributed by atoms with Gasteiger partial charge in [0.1, 0.15) is 5.82 Å². The highest BCUT2D eigenvalue weighted by Crippen LogP contribution is 2.30. The molecule has 0 radical (unpaired) electrons. The van der Waals surface area contributed by atoms with Crippen LogP contribution in [0.25, 0.3) is 0 Å². The Morgan fingerprint density at radius 1 is 1.59 bits per heavy atom. The predicted molar refractivity (Wildman–Crippen MR) is 67.7 cm³/mol. The van der Waals surface area contributed by atoms with Gasteiger partial charge >= 0.3 is 0 Å². The molecule has 1 saturated carbocycles. The normalized spacial score (nSPS) is 23.6. The van der Waals surface area contributed by atoms with Crippen LogP contribution in [0.5, 0.6) is 0 Å². The summed E-state index contributed by atoms with van der Waals surface area (Å²) in [6.45, 7) is 3.16. The van der Waals surface area contributed by atoms with Crippen LogP contribution in [0.4, 0.5) is 5.82 Å². The fraction of sp³-hybridized carbons (Fsp3) is 0.538. The van der Waals surface area contributed by atoms with Gasteiger partial charge in [-0.1, -0.05) is 13.3 Å². The largest absolute Gasteiger partial charge is 0.369 e. The molecule has 1 aromatic rings. The number of nitrogens with zero attached hydrogens (tertiary/aromatic N) is 1. The first-order chi connectivity index (χ1) is 8.16. The molecule has 17 heavy (non-hydrogen) atoms. The number of rotatable bonds is 4. The maximum Gasteiger partial charge on any atom is 0.252 e. The van der Waals surface area contributed by atoms with Crippen molar-refractivity contribution in [3.63, 3.8) is 0 Å². The van der Waals surface area contributed by atoms with Crippen molar-refractivity contribution >= 4 is 11.7 Å². The second kappa shape index (κ2) is 5.17. The number of hydrogen-bond acceptors (Lipinski definition) is 3. The van der Waals surface area contributed by atoms with Crippen molar-refractivity contribution in [2.75, 3.05) is 11.9 Å². The molecule has 1 heterocycles. The van der Waals surface area contributed by atoms with E-state index >= 15 is 0 Å². The summed E-state index contributed by atoms with van der Waals surface area (Å²) in [7, 11) is 0. The van der Waals surface area contributed by atoms with Crippen LogP contribution in [0.2, 0.25) is 0 Å². The number of nitrogens with two attached hydrogens (primary N) is 1. The van der Waals surface area contributed by atoms with E-state index in [1.165, 1.54) is 19.3 Å². The Hall–Kier alpha value is -1.58. The van der Waals surface area contributed by atoms with E-state index in [2.05, 4.69) is 17.2 Å². The minimum atomic E-state index is -0.430. The number of carbonyl (C=O) groups excluding carboxylic acids is 1. The van der Waals surface area contributed by atoms with E-state index in [0.717, 1.165) is 12.5 Å². The zero-order valence-corrected chi connectivity index (χ0v) is 10.1. The van der Waals surface area contributed by atoms with Crippen molar-refractivity contribution in [1.29, 1.82) is 0 Å². The predicted octanol–water partition coefficient (Wildman–Crippen LogP) is 2.03. The lowest BCUT2D eigenvalue weighted by atomic mass is 10.1. The summed E-state index contributed by atoms with van der Waals surface area (Å²) in [5.41, 5.74) is 5.77. The van der Waals surface area contributed by atoms with Crippen molar-refractivity contribution in [1.82, 2.24) is 4.98 Å². The number of amides is 1. The molecule has 2 unspecified atom stereocenters. The van der Waals surface area contributed by atoms with Crippen molar-refractivity contribution in [2.24, 2.45) is 17.6 Å². The average Bonchev–Trinajstić information content (AvgIpc) is 2.73. The molecular formula is C13H19N3O. The molecular weight excluding hydrogens is 214 g/mol. The standard InChI is InChI=1S/C13H19N3O/c1-9-4-5-10(7-9)8-16-13-11(12(14)17)3-2-6-15-13/h2-3,6,9-10H,4-5,7-8H2,1H3,(H2,14,17)(H,15,16). The molecule has 0 saturated heterocycles. The third-order valence-corrected chi connectivity index (χ3v) is 3.43. The van der Waals surface area contributed by atoms with Crippen LogP contribution < -0.4 is 11.1 Å². The SMILES string of the molecule is CC1CCC(CNc2ncccc2C(N)=O)C1. The number of nitrogens with one attached hydrogen (secondary N) is 1. The summed E-state index contributed by atoms with van der Waals surface area (Å²) in [5, 5.41) is 3.25. The first-order valence-electron chi connectivity index (χ1n) is 6.15. The van der Waals surface area contributed by atoms with Gasteiger partial charge in [0.05, 0.1) is 5.56 Å². The molecule has 1 amide bonds. The summed E-state index contributed by atoms with van der Waals surface area (Å²) >= 11 is 0. The smallest absolute Gasteiger partial charge is 0.252 e. The first-order valence-corrected chi connectivity index (χ1v) is 6.15. The molecule has 4 nitrogen and oxygen atoms in total. The summed E-state index contributed by atoms with van der Waals surface area (Å²) in [6.07, 6.45) is 5.49. The van der Waals surface area contributed by atoms with Crippen molar-refractivity contribution < 1.29 is 4.79 Å². The van der Waals surface area contributed by atoms with E-state index in [1.807, 2.05) is 0 Å². The van der Waals surface area contributed by atoms with Crippen LogP contribution in [0.3, 0.4) is 0 Å². The monoisotopic (exact) mass is 233 g/mol. The highest BCUT2D eigenvalue weighted by molar-refractivity contribution is 5.97. The van der Waals surface area contributed by atoms with Gasteiger partial charge in [-0.15, -0.1) is 0 Å². The molecule has 2 rings (SSSR count). The lowest BCUT2D eigenvalue weighted by molar-refractivity contribution is 0.100. The second-order valence-corrected chi connectivity index (χ2v) is 4.93. The Morgan fingerprint density at radius 2 is 2.41 bits per heavy atom. The number of carbonyl (C=O) groups is 1. The van der Waals surface area contributed by atoms with Gasteiger partial charge in [0.2, 0.25) is 0 Å². The lowest BCUT2D eigenvalue weighted by Crippen LogP contribution is -2.18. The molecule has 3 N–H and O–H groups in total. The van der Waals surface area contributed by atoms with E-state index in [0.29, 0.717) is 17.3 Å². The molecule has 2 atom stereocenters. The summed E-state index contributed by atoms with van der Waals surface area (Å²) in [5.74, 6) is 1.69. The van der Waals surface area contributed by atoms with Gasteiger partial charge < -0.3 is 11.1 Å². The number of pyridine rings is 1. The van der Waals surface area contributed by atoms with Crippen LogP contribution in [0.15, 0.2) is 18.3 Å². The van der Waals surface area contributed by atoms with Gasteiger partial charge in [-0.3, -0.25) is 4.79 Å². The molecule has 1 aliphatic carbocycles. The Morgan fingerprint density at radius 3 is 3.06 bits per heavy atom. The molecule has 1 aliphatic rings. The summed E-state index contributed by atoms with van der Waals surface area (Å²) < 4.78 is 0. The molecule has 0 spiro atoms. The van der Waals surface area contributed by atoms with E-state index in [4.69, 9.17) is 5.73 Å². The Labute approximate surface area is 102 Å². The molecule has 1 fully saturated rings. The minimum absolute atomic E-state index is 0.430. The molecule has 0 bridgehead atoms.